The van der Waals surface area contributed by atoms with Crippen LogP contribution in [0.3, 0.4) is 0 Å². The van der Waals surface area contributed by atoms with Gasteiger partial charge in [0.1, 0.15) is 0 Å². The van der Waals surface area contributed by atoms with E-state index in [9.17, 15) is 16.8 Å². The zero-order chi connectivity index (χ0) is 14.5. The van der Waals surface area contributed by atoms with Crippen molar-refractivity contribution in [1.82, 2.24) is 4.72 Å². The first-order valence-corrected chi connectivity index (χ1v) is 8.51. The summed E-state index contributed by atoms with van der Waals surface area (Å²) in [6.07, 6.45) is 0.112. The largest absolute Gasteiger partial charge is 0.324 e. The van der Waals surface area contributed by atoms with Crippen LogP contribution < -0.4 is 21.1 Å². The fourth-order valence-corrected chi connectivity index (χ4v) is 2.91. The summed E-state index contributed by atoms with van der Waals surface area (Å²) in [5.74, 6) is 4.89. The minimum absolute atomic E-state index is 0.00431. The highest BCUT2D eigenvalue weighted by molar-refractivity contribution is 7.89. The lowest BCUT2D eigenvalue weighted by molar-refractivity contribution is 0.576. The van der Waals surface area contributed by atoms with Gasteiger partial charge in [0.25, 0.3) is 0 Å². The SMILES string of the molecule is NNc1ccc(S(=O)(=O)NCCCS(N)(=O)=O)cc1. The molecule has 0 radical (unpaired) electrons. The van der Waals surface area contributed by atoms with E-state index in [4.69, 9.17) is 11.0 Å². The molecule has 0 atom stereocenters. The van der Waals surface area contributed by atoms with Crippen LogP contribution in [0.15, 0.2) is 29.2 Å². The smallest absolute Gasteiger partial charge is 0.240 e. The molecule has 0 bridgehead atoms. The van der Waals surface area contributed by atoms with Gasteiger partial charge in [0.2, 0.25) is 20.0 Å². The van der Waals surface area contributed by atoms with Crippen LogP contribution in [0.25, 0.3) is 0 Å². The van der Waals surface area contributed by atoms with Gasteiger partial charge in [-0.3, -0.25) is 5.84 Å². The maximum absolute atomic E-state index is 11.8. The molecular weight excluding hydrogens is 292 g/mol. The number of anilines is 1. The Morgan fingerprint density at radius 3 is 2.11 bits per heavy atom. The van der Waals surface area contributed by atoms with Crippen molar-refractivity contribution in [2.24, 2.45) is 11.0 Å². The third kappa shape index (κ3) is 5.53. The highest BCUT2D eigenvalue weighted by Gasteiger charge is 2.13. The van der Waals surface area contributed by atoms with Gasteiger partial charge in [0.05, 0.1) is 10.6 Å². The number of hydrogen-bond donors (Lipinski definition) is 4. The molecule has 0 aliphatic carbocycles. The normalized spacial score (nSPS) is 12.3. The molecule has 0 amide bonds. The minimum atomic E-state index is -3.66. The number of primary sulfonamides is 1. The van der Waals surface area contributed by atoms with Crippen LogP contribution in [-0.4, -0.2) is 29.1 Å². The Morgan fingerprint density at radius 2 is 1.63 bits per heavy atom. The molecule has 1 aromatic carbocycles. The lowest BCUT2D eigenvalue weighted by Crippen LogP contribution is -2.27. The standard InChI is InChI=1S/C9H16N4O4S2/c10-13-8-2-4-9(5-3-8)19(16,17)12-6-1-7-18(11,14)15/h2-5,12-13H,1,6-7,10H2,(H2,11,14,15). The first kappa shape index (κ1) is 15.9. The van der Waals surface area contributed by atoms with Crippen molar-refractivity contribution < 1.29 is 16.8 Å². The molecule has 8 nitrogen and oxygen atoms in total. The Labute approximate surface area is 112 Å². The van der Waals surface area contributed by atoms with Crippen molar-refractivity contribution in [3.63, 3.8) is 0 Å². The molecule has 0 heterocycles. The highest BCUT2D eigenvalue weighted by Crippen LogP contribution is 2.12. The number of nitrogen functional groups attached to an aromatic ring is 1. The second-order valence-corrected chi connectivity index (χ2v) is 7.29. The van der Waals surface area contributed by atoms with Crippen LogP contribution in [0.2, 0.25) is 0 Å². The zero-order valence-corrected chi connectivity index (χ0v) is 11.7. The van der Waals surface area contributed by atoms with Crippen LogP contribution >= 0.6 is 0 Å². The van der Waals surface area contributed by atoms with Gasteiger partial charge in [-0.2, -0.15) is 0 Å². The summed E-state index contributed by atoms with van der Waals surface area (Å²) < 4.78 is 47.3. The summed E-state index contributed by atoms with van der Waals surface area (Å²) in [4.78, 5) is 0.0714. The van der Waals surface area contributed by atoms with Gasteiger partial charge in [-0.1, -0.05) is 0 Å². The van der Waals surface area contributed by atoms with Crippen molar-refractivity contribution in [3.05, 3.63) is 24.3 Å². The lowest BCUT2D eigenvalue weighted by Gasteiger charge is -2.07. The monoisotopic (exact) mass is 308 g/mol. The number of hydrazine groups is 1. The van der Waals surface area contributed by atoms with E-state index in [1.54, 1.807) is 0 Å². The van der Waals surface area contributed by atoms with Crippen molar-refractivity contribution in [1.29, 1.82) is 0 Å². The van der Waals surface area contributed by atoms with Crippen LogP contribution in [0, 0.1) is 0 Å². The van der Waals surface area contributed by atoms with Crippen molar-refractivity contribution in [2.75, 3.05) is 17.7 Å². The first-order valence-electron chi connectivity index (χ1n) is 5.31. The molecule has 1 rings (SSSR count). The van der Waals surface area contributed by atoms with Gasteiger partial charge in [-0.25, -0.2) is 26.7 Å². The maximum Gasteiger partial charge on any atom is 0.240 e. The predicted molar refractivity (Wildman–Crippen MR) is 72.0 cm³/mol. The number of benzene rings is 1. The van der Waals surface area contributed by atoms with E-state index >= 15 is 0 Å². The minimum Gasteiger partial charge on any atom is -0.324 e. The molecule has 10 heteroatoms. The molecule has 0 saturated heterocycles. The molecule has 0 unspecified atom stereocenters. The molecule has 1 aromatic rings. The van der Waals surface area contributed by atoms with Crippen LogP contribution in [0.5, 0.6) is 0 Å². The number of rotatable bonds is 7. The Kier molecular flexibility index (Phi) is 5.26. The maximum atomic E-state index is 11.8. The Hall–Kier alpha value is -1.20. The molecule has 19 heavy (non-hydrogen) atoms. The molecule has 0 aliphatic rings. The first-order chi connectivity index (χ1) is 8.74. The number of nitrogens with one attached hydrogen (secondary N) is 2. The number of sulfonamides is 2. The summed E-state index contributed by atoms with van der Waals surface area (Å²) in [5.41, 5.74) is 2.96. The number of nitrogens with two attached hydrogens (primary N) is 2. The van der Waals surface area contributed by atoms with Crippen molar-refractivity contribution in [3.8, 4) is 0 Å². The van der Waals surface area contributed by atoms with Crippen LogP contribution in [0.4, 0.5) is 5.69 Å². The summed E-state index contributed by atoms with van der Waals surface area (Å²) in [5, 5.41) is 4.80. The molecule has 0 aromatic heterocycles. The van der Waals surface area contributed by atoms with Gasteiger partial charge in [0.15, 0.2) is 0 Å². The molecule has 0 fully saturated rings. The topological polar surface area (TPSA) is 144 Å². The Bertz CT molecular complexity index is 610. The van der Waals surface area contributed by atoms with Crippen molar-refractivity contribution in [2.45, 2.75) is 11.3 Å². The van der Waals surface area contributed by atoms with Gasteiger partial charge in [-0.05, 0) is 30.7 Å². The second-order valence-electron chi connectivity index (χ2n) is 3.79. The lowest BCUT2D eigenvalue weighted by atomic mass is 10.3. The highest BCUT2D eigenvalue weighted by atomic mass is 32.2. The van der Waals surface area contributed by atoms with Gasteiger partial charge in [-0.15, -0.1) is 0 Å². The van der Waals surface area contributed by atoms with E-state index in [0.717, 1.165) is 0 Å². The average molecular weight is 308 g/mol. The fraction of sp³-hybridized carbons (Fsp3) is 0.333. The van der Waals surface area contributed by atoms with Gasteiger partial charge < -0.3 is 5.43 Å². The van der Waals surface area contributed by atoms with E-state index in [1.165, 1.54) is 24.3 Å². The molecule has 6 N–H and O–H groups in total. The zero-order valence-electron chi connectivity index (χ0n) is 10.0. The molecule has 0 spiro atoms. The quantitative estimate of drug-likeness (QED) is 0.287. The molecular formula is C9H16N4O4S2. The predicted octanol–water partition coefficient (Wildman–Crippen LogP) is -1.07. The molecule has 108 valence electrons. The summed E-state index contributed by atoms with van der Waals surface area (Å²) in [6, 6.07) is 5.80. The average Bonchev–Trinajstić information content (AvgIpc) is 2.34. The summed E-state index contributed by atoms with van der Waals surface area (Å²) in [7, 11) is -7.23. The molecule has 0 aliphatic heterocycles. The number of hydrogen-bond acceptors (Lipinski definition) is 6. The van der Waals surface area contributed by atoms with Gasteiger partial charge >= 0.3 is 0 Å². The third-order valence-electron chi connectivity index (χ3n) is 2.23. The Balaban J connectivity index is 2.60. The van der Waals surface area contributed by atoms with E-state index in [0.29, 0.717) is 5.69 Å². The van der Waals surface area contributed by atoms with E-state index in [-0.39, 0.29) is 23.6 Å². The summed E-state index contributed by atoms with van der Waals surface area (Å²) in [6.45, 7) is -0.00431. The summed E-state index contributed by atoms with van der Waals surface area (Å²) >= 11 is 0. The fourth-order valence-electron chi connectivity index (χ4n) is 1.29. The van der Waals surface area contributed by atoms with E-state index in [2.05, 4.69) is 10.1 Å². The van der Waals surface area contributed by atoms with E-state index in [1.807, 2.05) is 0 Å². The van der Waals surface area contributed by atoms with Crippen molar-refractivity contribution >= 4 is 25.7 Å². The van der Waals surface area contributed by atoms with Crippen LogP contribution in [-0.2, 0) is 20.0 Å². The van der Waals surface area contributed by atoms with Crippen LogP contribution in [0.1, 0.15) is 6.42 Å². The van der Waals surface area contributed by atoms with E-state index < -0.39 is 20.0 Å². The third-order valence-corrected chi connectivity index (χ3v) is 4.56. The van der Waals surface area contributed by atoms with Gasteiger partial charge in [0, 0.05) is 12.2 Å². The second kappa shape index (κ2) is 6.30. The molecule has 0 saturated carbocycles. The Morgan fingerprint density at radius 1 is 1.05 bits per heavy atom.